The molecule has 0 bridgehead atoms. The molecular formula is C22H27N3O3. The zero-order valence-electron chi connectivity index (χ0n) is 16.2. The van der Waals surface area contributed by atoms with Crippen LogP contribution in [-0.4, -0.2) is 49.6 Å². The summed E-state index contributed by atoms with van der Waals surface area (Å²) in [6, 6.07) is 17.6. The molecule has 28 heavy (non-hydrogen) atoms. The largest absolute Gasteiger partial charge is 0.375 e. The highest BCUT2D eigenvalue weighted by Gasteiger charge is 2.22. The van der Waals surface area contributed by atoms with Gasteiger partial charge in [-0.15, -0.1) is 0 Å². The molecule has 1 heterocycles. The van der Waals surface area contributed by atoms with Crippen molar-refractivity contribution < 1.29 is 14.3 Å². The van der Waals surface area contributed by atoms with Crippen molar-refractivity contribution in [3.8, 4) is 0 Å². The summed E-state index contributed by atoms with van der Waals surface area (Å²) in [4.78, 5) is 26.4. The molecule has 0 aliphatic carbocycles. The second kappa shape index (κ2) is 10.0. The molecular weight excluding hydrogens is 354 g/mol. The smallest absolute Gasteiger partial charge is 0.251 e. The van der Waals surface area contributed by atoms with Crippen LogP contribution in [0.25, 0.3) is 0 Å². The molecule has 2 aromatic rings. The van der Waals surface area contributed by atoms with Gasteiger partial charge in [-0.05, 0) is 23.3 Å². The van der Waals surface area contributed by atoms with E-state index in [0.717, 1.165) is 25.2 Å². The molecule has 2 N–H and O–H groups in total. The zero-order valence-corrected chi connectivity index (χ0v) is 16.2. The molecule has 6 nitrogen and oxygen atoms in total. The molecule has 1 aliphatic rings. The van der Waals surface area contributed by atoms with Gasteiger partial charge >= 0.3 is 0 Å². The summed E-state index contributed by atoms with van der Waals surface area (Å²) in [6.45, 7) is 3.52. The highest BCUT2D eigenvalue weighted by atomic mass is 16.5. The van der Waals surface area contributed by atoms with Gasteiger partial charge in [0.1, 0.15) is 0 Å². The maximum atomic E-state index is 12.3. The van der Waals surface area contributed by atoms with Crippen molar-refractivity contribution >= 4 is 11.8 Å². The second-order valence-electron chi connectivity index (χ2n) is 6.97. The Morgan fingerprint density at radius 1 is 1.11 bits per heavy atom. The predicted molar refractivity (Wildman–Crippen MR) is 108 cm³/mol. The van der Waals surface area contributed by atoms with Crippen LogP contribution in [0.15, 0.2) is 54.6 Å². The van der Waals surface area contributed by atoms with Crippen molar-refractivity contribution in [3.05, 3.63) is 71.3 Å². The van der Waals surface area contributed by atoms with E-state index in [2.05, 4.69) is 27.7 Å². The molecule has 3 rings (SSSR count). The number of hydrogen-bond donors (Lipinski definition) is 2. The van der Waals surface area contributed by atoms with Crippen LogP contribution < -0.4 is 10.6 Å². The van der Waals surface area contributed by atoms with E-state index in [1.807, 2.05) is 30.3 Å². The van der Waals surface area contributed by atoms with E-state index in [1.165, 1.54) is 5.56 Å². The fourth-order valence-corrected chi connectivity index (χ4v) is 3.34. The first-order chi connectivity index (χ1) is 13.6. The van der Waals surface area contributed by atoms with Crippen molar-refractivity contribution in [2.75, 3.05) is 26.7 Å². The van der Waals surface area contributed by atoms with Crippen LogP contribution in [0, 0.1) is 0 Å². The quantitative estimate of drug-likeness (QED) is 0.769. The Morgan fingerprint density at radius 2 is 1.89 bits per heavy atom. The van der Waals surface area contributed by atoms with Gasteiger partial charge in [0.05, 0.1) is 19.1 Å². The van der Waals surface area contributed by atoms with E-state index in [0.29, 0.717) is 25.1 Å². The van der Waals surface area contributed by atoms with Crippen LogP contribution in [-0.2, 0) is 22.6 Å². The summed E-state index contributed by atoms with van der Waals surface area (Å²) in [6.07, 6.45) is 0.232. The standard InChI is InChI=1S/C22H27N3O3/c1-23-22(27)19-9-5-8-18(12-19)14-24-21(26)13-20-16-25(10-11-28-20)15-17-6-3-2-4-7-17/h2-9,12,20H,10-11,13-16H2,1H3,(H,23,27)(H,24,26). The number of ether oxygens (including phenoxy) is 1. The molecule has 0 saturated carbocycles. The number of carbonyl (C=O) groups is 2. The molecule has 2 aromatic carbocycles. The van der Waals surface area contributed by atoms with E-state index in [-0.39, 0.29) is 17.9 Å². The summed E-state index contributed by atoms with van der Waals surface area (Å²) < 4.78 is 5.78. The highest BCUT2D eigenvalue weighted by molar-refractivity contribution is 5.94. The first-order valence-corrected chi connectivity index (χ1v) is 9.59. The van der Waals surface area contributed by atoms with Gasteiger partial charge in [-0.3, -0.25) is 14.5 Å². The Balaban J connectivity index is 1.46. The second-order valence-corrected chi connectivity index (χ2v) is 6.97. The van der Waals surface area contributed by atoms with Crippen LogP contribution in [0.4, 0.5) is 0 Å². The van der Waals surface area contributed by atoms with E-state index >= 15 is 0 Å². The average molecular weight is 381 g/mol. The molecule has 2 amide bonds. The molecule has 6 heteroatoms. The van der Waals surface area contributed by atoms with Gasteiger partial charge in [-0.1, -0.05) is 42.5 Å². The Morgan fingerprint density at radius 3 is 2.68 bits per heavy atom. The maximum absolute atomic E-state index is 12.3. The lowest BCUT2D eigenvalue weighted by Gasteiger charge is -2.32. The number of amides is 2. The van der Waals surface area contributed by atoms with Crippen LogP contribution in [0.2, 0.25) is 0 Å². The van der Waals surface area contributed by atoms with E-state index in [1.54, 1.807) is 19.2 Å². The third kappa shape index (κ3) is 5.90. The maximum Gasteiger partial charge on any atom is 0.251 e. The highest BCUT2D eigenvalue weighted by Crippen LogP contribution is 2.13. The number of nitrogens with zero attached hydrogens (tertiary/aromatic N) is 1. The molecule has 0 aromatic heterocycles. The molecule has 1 fully saturated rings. The van der Waals surface area contributed by atoms with Crippen molar-refractivity contribution in [1.82, 2.24) is 15.5 Å². The van der Waals surface area contributed by atoms with Crippen LogP contribution in [0.1, 0.15) is 27.9 Å². The van der Waals surface area contributed by atoms with Crippen molar-refractivity contribution in [3.63, 3.8) is 0 Å². The lowest BCUT2D eigenvalue weighted by Crippen LogP contribution is -2.44. The lowest BCUT2D eigenvalue weighted by molar-refractivity contribution is -0.126. The van der Waals surface area contributed by atoms with Gasteiger partial charge in [0.2, 0.25) is 5.91 Å². The number of hydrogen-bond acceptors (Lipinski definition) is 4. The Bertz CT molecular complexity index is 795. The monoisotopic (exact) mass is 381 g/mol. The average Bonchev–Trinajstić information content (AvgIpc) is 2.73. The van der Waals surface area contributed by atoms with Gasteiger partial charge in [-0.2, -0.15) is 0 Å². The molecule has 1 atom stereocenters. The van der Waals surface area contributed by atoms with Gasteiger partial charge in [0.15, 0.2) is 0 Å². The van der Waals surface area contributed by atoms with Gasteiger partial charge in [0, 0.05) is 38.8 Å². The van der Waals surface area contributed by atoms with Crippen LogP contribution in [0.3, 0.4) is 0 Å². The third-order valence-electron chi connectivity index (χ3n) is 4.79. The predicted octanol–water partition coefficient (Wildman–Crippen LogP) is 1.95. The summed E-state index contributed by atoms with van der Waals surface area (Å²) >= 11 is 0. The minimum absolute atomic E-state index is 0.0445. The molecule has 1 saturated heterocycles. The topological polar surface area (TPSA) is 70.7 Å². The fraction of sp³-hybridized carbons (Fsp3) is 0.364. The molecule has 1 unspecified atom stereocenters. The van der Waals surface area contributed by atoms with Gasteiger partial charge < -0.3 is 15.4 Å². The van der Waals surface area contributed by atoms with Crippen molar-refractivity contribution in [2.45, 2.75) is 25.6 Å². The number of benzene rings is 2. The van der Waals surface area contributed by atoms with Crippen molar-refractivity contribution in [2.24, 2.45) is 0 Å². The van der Waals surface area contributed by atoms with E-state index in [4.69, 9.17) is 4.74 Å². The minimum Gasteiger partial charge on any atom is -0.375 e. The van der Waals surface area contributed by atoms with Gasteiger partial charge in [0.25, 0.3) is 5.91 Å². The summed E-state index contributed by atoms with van der Waals surface area (Å²) in [5, 5.41) is 5.53. The first kappa shape index (κ1) is 20.0. The fourth-order valence-electron chi connectivity index (χ4n) is 3.34. The minimum atomic E-state index is -0.137. The van der Waals surface area contributed by atoms with E-state index < -0.39 is 0 Å². The summed E-state index contributed by atoms with van der Waals surface area (Å²) in [5.41, 5.74) is 2.75. The number of carbonyl (C=O) groups excluding carboxylic acids is 2. The van der Waals surface area contributed by atoms with Crippen LogP contribution in [0.5, 0.6) is 0 Å². The Kier molecular flexibility index (Phi) is 7.17. The SMILES string of the molecule is CNC(=O)c1cccc(CNC(=O)CC2CN(Cc3ccccc3)CCO2)c1. The van der Waals surface area contributed by atoms with Gasteiger partial charge in [-0.25, -0.2) is 0 Å². The number of morpholine rings is 1. The summed E-state index contributed by atoms with van der Waals surface area (Å²) in [7, 11) is 1.60. The van der Waals surface area contributed by atoms with Crippen molar-refractivity contribution in [1.29, 1.82) is 0 Å². The summed E-state index contributed by atoms with van der Waals surface area (Å²) in [5.74, 6) is -0.181. The van der Waals surface area contributed by atoms with E-state index in [9.17, 15) is 9.59 Å². The Labute approximate surface area is 165 Å². The lowest BCUT2D eigenvalue weighted by atomic mass is 10.1. The molecule has 0 radical (unpaired) electrons. The molecule has 1 aliphatic heterocycles. The first-order valence-electron chi connectivity index (χ1n) is 9.59. The Hall–Kier alpha value is -2.70. The van der Waals surface area contributed by atoms with Crippen LogP contribution >= 0.6 is 0 Å². The number of rotatable bonds is 7. The third-order valence-corrected chi connectivity index (χ3v) is 4.79. The zero-order chi connectivity index (χ0) is 19.8. The molecule has 148 valence electrons. The number of nitrogens with one attached hydrogen (secondary N) is 2. The normalized spacial score (nSPS) is 17.1. The molecule has 0 spiro atoms.